The van der Waals surface area contributed by atoms with E-state index in [1.807, 2.05) is 25.1 Å². The monoisotopic (exact) mass is 244 g/mol. The summed E-state index contributed by atoms with van der Waals surface area (Å²) in [5.41, 5.74) is 2.25. The zero-order valence-electron chi connectivity index (χ0n) is 11.0. The van der Waals surface area contributed by atoms with E-state index in [1.54, 1.807) is 0 Å². The molecule has 1 atom stereocenters. The fraction of sp³-hybridized carbons (Fsp3) is 0.400. The van der Waals surface area contributed by atoms with Gasteiger partial charge in [0.15, 0.2) is 0 Å². The molecular weight excluding hydrogens is 224 g/mol. The summed E-state index contributed by atoms with van der Waals surface area (Å²) in [7, 11) is 0. The Morgan fingerprint density at radius 3 is 2.83 bits per heavy atom. The van der Waals surface area contributed by atoms with Gasteiger partial charge in [-0.25, -0.2) is 0 Å². The van der Waals surface area contributed by atoms with Crippen LogP contribution < -0.4 is 10.6 Å². The maximum Gasteiger partial charge on any atom is 0.242 e. The number of carbonyl (C=O) groups is 1. The highest BCUT2D eigenvalue weighted by Gasteiger charge is 2.12. The number of amides is 1. The van der Waals surface area contributed by atoms with Crippen LogP contribution in [0.15, 0.2) is 24.3 Å². The number of anilines is 1. The van der Waals surface area contributed by atoms with E-state index in [9.17, 15) is 4.79 Å². The number of benzene rings is 1. The van der Waals surface area contributed by atoms with E-state index in [0.717, 1.165) is 18.5 Å². The molecule has 1 rings (SSSR count). The molecule has 0 fully saturated rings. The minimum Gasteiger partial charge on any atom is -0.374 e. The standard InChI is InChI=1S/C15H20N2O/c1-4-8-13-9-6-7-10-14(13)17-12(3)15(18)16-11-5-2/h2,6-7,9-10,12,17H,4,8,11H2,1,3H3,(H,16,18). The zero-order valence-corrected chi connectivity index (χ0v) is 11.0. The second kappa shape index (κ2) is 7.39. The second-order valence-corrected chi connectivity index (χ2v) is 4.20. The Morgan fingerprint density at radius 2 is 2.17 bits per heavy atom. The van der Waals surface area contributed by atoms with Gasteiger partial charge in [0.2, 0.25) is 5.91 Å². The summed E-state index contributed by atoms with van der Waals surface area (Å²) in [4.78, 5) is 11.7. The number of hydrogen-bond acceptors (Lipinski definition) is 2. The van der Waals surface area contributed by atoms with Crippen molar-refractivity contribution in [3.63, 3.8) is 0 Å². The van der Waals surface area contributed by atoms with Crippen molar-refractivity contribution in [3.8, 4) is 12.3 Å². The summed E-state index contributed by atoms with van der Waals surface area (Å²) in [5, 5.41) is 5.89. The smallest absolute Gasteiger partial charge is 0.242 e. The Morgan fingerprint density at radius 1 is 1.44 bits per heavy atom. The lowest BCUT2D eigenvalue weighted by Gasteiger charge is -2.17. The van der Waals surface area contributed by atoms with Crippen LogP contribution in [0.2, 0.25) is 0 Å². The molecule has 0 aromatic heterocycles. The second-order valence-electron chi connectivity index (χ2n) is 4.20. The average Bonchev–Trinajstić information content (AvgIpc) is 2.38. The van der Waals surface area contributed by atoms with Crippen molar-refractivity contribution in [1.29, 1.82) is 0 Å². The molecule has 3 heteroatoms. The van der Waals surface area contributed by atoms with Gasteiger partial charge in [0.1, 0.15) is 6.04 Å². The number of aryl methyl sites for hydroxylation is 1. The van der Waals surface area contributed by atoms with Crippen molar-refractivity contribution >= 4 is 11.6 Å². The van der Waals surface area contributed by atoms with Crippen molar-refractivity contribution in [2.75, 3.05) is 11.9 Å². The van der Waals surface area contributed by atoms with Crippen LogP contribution in [0.1, 0.15) is 25.8 Å². The molecule has 0 aliphatic heterocycles. The van der Waals surface area contributed by atoms with Crippen LogP contribution in [0.4, 0.5) is 5.69 Å². The molecule has 0 saturated carbocycles. The van der Waals surface area contributed by atoms with Gasteiger partial charge in [-0.2, -0.15) is 0 Å². The first-order valence-corrected chi connectivity index (χ1v) is 6.24. The number of nitrogens with one attached hydrogen (secondary N) is 2. The fourth-order valence-corrected chi connectivity index (χ4v) is 1.74. The number of para-hydroxylation sites is 1. The molecule has 1 aromatic carbocycles. The summed E-state index contributed by atoms with van der Waals surface area (Å²) in [6.07, 6.45) is 7.19. The van der Waals surface area contributed by atoms with Crippen molar-refractivity contribution in [2.45, 2.75) is 32.7 Å². The zero-order chi connectivity index (χ0) is 13.4. The van der Waals surface area contributed by atoms with Crippen LogP contribution in [-0.4, -0.2) is 18.5 Å². The number of hydrogen-bond donors (Lipinski definition) is 2. The highest BCUT2D eigenvalue weighted by molar-refractivity contribution is 5.84. The van der Waals surface area contributed by atoms with Crippen LogP contribution in [0.3, 0.4) is 0 Å². The van der Waals surface area contributed by atoms with Gasteiger partial charge in [-0.3, -0.25) is 4.79 Å². The molecule has 0 aliphatic rings. The predicted octanol–water partition coefficient (Wildman–Crippen LogP) is 2.19. The Balaban J connectivity index is 2.66. The topological polar surface area (TPSA) is 41.1 Å². The van der Waals surface area contributed by atoms with E-state index in [0.29, 0.717) is 0 Å². The van der Waals surface area contributed by atoms with E-state index in [-0.39, 0.29) is 18.5 Å². The van der Waals surface area contributed by atoms with Crippen molar-refractivity contribution in [1.82, 2.24) is 5.32 Å². The summed E-state index contributed by atoms with van der Waals surface area (Å²) >= 11 is 0. The van der Waals surface area contributed by atoms with Crippen LogP contribution in [0, 0.1) is 12.3 Å². The highest BCUT2D eigenvalue weighted by Crippen LogP contribution is 2.17. The third-order valence-corrected chi connectivity index (χ3v) is 2.67. The van der Waals surface area contributed by atoms with E-state index in [1.165, 1.54) is 5.56 Å². The molecule has 0 saturated heterocycles. The van der Waals surface area contributed by atoms with E-state index >= 15 is 0 Å². The van der Waals surface area contributed by atoms with Crippen LogP contribution in [0.25, 0.3) is 0 Å². The van der Waals surface area contributed by atoms with E-state index in [2.05, 4.69) is 29.5 Å². The van der Waals surface area contributed by atoms with Crippen molar-refractivity contribution < 1.29 is 4.79 Å². The SMILES string of the molecule is C#CCNC(=O)C(C)Nc1ccccc1CCC. The Hall–Kier alpha value is -1.95. The van der Waals surface area contributed by atoms with Crippen LogP contribution in [0.5, 0.6) is 0 Å². The van der Waals surface area contributed by atoms with Gasteiger partial charge in [0, 0.05) is 5.69 Å². The average molecular weight is 244 g/mol. The first kappa shape index (κ1) is 14.1. The van der Waals surface area contributed by atoms with Gasteiger partial charge in [0.25, 0.3) is 0 Å². The summed E-state index contributed by atoms with van der Waals surface area (Å²) in [6.45, 7) is 4.23. The molecule has 0 radical (unpaired) electrons. The summed E-state index contributed by atoms with van der Waals surface area (Å²) in [5.74, 6) is 2.31. The largest absolute Gasteiger partial charge is 0.374 e. The maximum absolute atomic E-state index is 11.7. The lowest BCUT2D eigenvalue weighted by atomic mass is 10.1. The van der Waals surface area contributed by atoms with E-state index < -0.39 is 0 Å². The molecule has 3 nitrogen and oxygen atoms in total. The Bertz CT molecular complexity index is 434. The van der Waals surface area contributed by atoms with Gasteiger partial charge in [-0.15, -0.1) is 6.42 Å². The lowest BCUT2D eigenvalue weighted by Crippen LogP contribution is -2.37. The predicted molar refractivity (Wildman–Crippen MR) is 75.4 cm³/mol. The normalized spacial score (nSPS) is 11.4. The molecule has 0 bridgehead atoms. The molecule has 0 heterocycles. The molecule has 0 spiro atoms. The third-order valence-electron chi connectivity index (χ3n) is 2.67. The molecule has 2 N–H and O–H groups in total. The fourth-order valence-electron chi connectivity index (χ4n) is 1.74. The van der Waals surface area contributed by atoms with Crippen LogP contribution in [-0.2, 0) is 11.2 Å². The van der Waals surface area contributed by atoms with Crippen LogP contribution >= 0.6 is 0 Å². The number of terminal acetylenes is 1. The minimum absolute atomic E-state index is 0.0840. The maximum atomic E-state index is 11.7. The molecule has 18 heavy (non-hydrogen) atoms. The van der Waals surface area contributed by atoms with Gasteiger partial charge < -0.3 is 10.6 Å². The molecule has 1 aromatic rings. The quantitative estimate of drug-likeness (QED) is 0.753. The summed E-state index contributed by atoms with van der Waals surface area (Å²) in [6, 6.07) is 7.76. The van der Waals surface area contributed by atoms with E-state index in [4.69, 9.17) is 6.42 Å². The molecule has 1 amide bonds. The third kappa shape index (κ3) is 4.14. The van der Waals surface area contributed by atoms with Gasteiger partial charge in [0.05, 0.1) is 6.54 Å². The Kier molecular flexibility index (Phi) is 5.79. The molecule has 96 valence electrons. The molecule has 0 aliphatic carbocycles. The number of rotatable bonds is 6. The van der Waals surface area contributed by atoms with Gasteiger partial charge in [-0.05, 0) is 25.0 Å². The summed E-state index contributed by atoms with van der Waals surface area (Å²) < 4.78 is 0. The lowest BCUT2D eigenvalue weighted by molar-refractivity contribution is -0.121. The highest BCUT2D eigenvalue weighted by atomic mass is 16.2. The molecular formula is C15H20N2O. The minimum atomic E-state index is -0.295. The van der Waals surface area contributed by atoms with Crippen molar-refractivity contribution in [3.05, 3.63) is 29.8 Å². The Labute approximate surface area is 109 Å². The first-order valence-electron chi connectivity index (χ1n) is 6.24. The molecule has 1 unspecified atom stereocenters. The van der Waals surface area contributed by atoms with Gasteiger partial charge in [-0.1, -0.05) is 37.5 Å². The van der Waals surface area contributed by atoms with Gasteiger partial charge >= 0.3 is 0 Å². The number of carbonyl (C=O) groups excluding carboxylic acids is 1. The first-order chi connectivity index (χ1) is 8.69. The van der Waals surface area contributed by atoms with Crippen molar-refractivity contribution in [2.24, 2.45) is 0 Å².